The largest absolute Gasteiger partial charge is 0.495 e. The van der Waals surface area contributed by atoms with Crippen molar-refractivity contribution in [3.63, 3.8) is 0 Å². The van der Waals surface area contributed by atoms with Crippen LogP contribution in [-0.4, -0.2) is 32.5 Å². The lowest BCUT2D eigenvalue weighted by atomic mass is 10.1. The van der Waals surface area contributed by atoms with Crippen molar-refractivity contribution < 1.29 is 19.3 Å². The Bertz CT molecular complexity index is 391. The van der Waals surface area contributed by atoms with E-state index < -0.39 is 6.10 Å². The molecule has 0 bridgehead atoms. The maximum atomic E-state index is 9.46. The summed E-state index contributed by atoms with van der Waals surface area (Å²) in [6.07, 6.45) is 0.0381. The summed E-state index contributed by atoms with van der Waals surface area (Å²) in [4.78, 5) is 0. The van der Waals surface area contributed by atoms with Crippen LogP contribution in [0.25, 0.3) is 0 Å². The summed E-state index contributed by atoms with van der Waals surface area (Å²) in [5, 5.41) is 9.46. The van der Waals surface area contributed by atoms with Gasteiger partial charge in [-0.2, -0.15) is 0 Å². The molecule has 0 aliphatic heterocycles. The first-order valence-corrected chi connectivity index (χ1v) is 5.99. The Morgan fingerprint density at radius 2 is 1.76 bits per heavy atom. The molecule has 0 radical (unpaired) electrons. The van der Waals surface area contributed by atoms with Crippen LogP contribution in [0.2, 0.25) is 0 Å². The van der Waals surface area contributed by atoms with Gasteiger partial charge in [0.25, 0.3) is 0 Å². The van der Waals surface area contributed by atoms with Gasteiger partial charge in [-0.25, -0.2) is 0 Å². The third-order valence-electron chi connectivity index (χ3n) is 2.36. The molecule has 0 fully saturated rings. The van der Waals surface area contributed by atoms with E-state index in [0.29, 0.717) is 28.1 Å². The normalized spacial score (nSPS) is 12.1. The van der Waals surface area contributed by atoms with Crippen LogP contribution in [0.3, 0.4) is 0 Å². The lowest BCUT2D eigenvalue weighted by Gasteiger charge is -2.17. The number of methoxy groups -OCH3 is 3. The van der Waals surface area contributed by atoms with Gasteiger partial charge in [0.05, 0.1) is 27.4 Å². The third-order valence-corrected chi connectivity index (χ3v) is 3.08. The van der Waals surface area contributed by atoms with Crippen molar-refractivity contribution in [3.05, 3.63) is 16.1 Å². The predicted octanol–water partition coefficient (Wildman–Crippen LogP) is 2.40. The Hall–Kier alpha value is -0.940. The molecule has 4 nitrogen and oxygen atoms in total. The van der Waals surface area contributed by atoms with Crippen LogP contribution >= 0.6 is 15.9 Å². The fourth-order valence-corrected chi connectivity index (χ4v) is 2.45. The number of rotatable bonds is 5. The minimum Gasteiger partial charge on any atom is -0.495 e. The zero-order chi connectivity index (χ0) is 13.0. The maximum absolute atomic E-state index is 9.46. The van der Waals surface area contributed by atoms with Crippen LogP contribution in [-0.2, 0) is 6.42 Å². The monoisotopic (exact) mass is 304 g/mol. The number of hydrogen-bond donors (Lipinski definition) is 1. The van der Waals surface area contributed by atoms with Gasteiger partial charge < -0.3 is 19.3 Å². The second-order valence-corrected chi connectivity index (χ2v) is 4.46. The average Bonchev–Trinajstić information content (AvgIpc) is 2.28. The van der Waals surface area contributed by atoms with E-state index in [1.165, 1.54) is 0 Å². The van der Waals surface area contributed by atoms with E-state index in [0.717, 1.165) is 5.56 Å². The first kappa shape index (κ1) is 14.1. The van der Waals surface area contributed by atoms with Gasteiger partial charge in [-0.3, -0.25) is 0 Å². The molecule has 0 aliphatic carbocycles. The third kappa shape index (κ3) is 3.04. The van der Waals surface area contributed by atoms with Gasteiger partial charge in [0.1, 0.15) is 10.2 Å². The molecule has 96 valence electrons. The number of aliphatic hydroxyl groups is 1. The van der Waals surface area contributed by atoms with Crippen molar-refractivity contribution in [1.82, 2.24) is 0 Å². The van der Waals surface area contributed by atoms with Crippen molar-refractivity contribution in [1.29, 1.82) is 0 Å². The molecule has 1 unspecified atom stereocenters. The molecule has 0 aromatic heterocycles. The molecule has 0 heterocycles. The summed E-state index contributed by atoms with van der Waals surface area (Å²) in [7, 11) is 4.72. The minimum absolute atomic E-state index is 0.450. The van der Waals surface area contributed by atoms with Crippen LogP contribution in [0.4, 0.5) is 0 Å². The van der Waals surface area contributed by atoms with E-state index >= 15 is 0 Å². The summed E-state index contributed by atoms with van der Waals surface area (Å²) < 4.78 is 16.5. The molecular formula is C12H17BrO4. The van der Waals surface area contributed by atoms with Crippen LogP contribution < -0.4 is 14.2 Å². The van der Waals surface area contributed by atoms with Gasteiger partial charge in [0.2, 0.25) is 0 Å². The molecule has 1 N–H and O–H groups in total. The van der Waals surface area contributed by atoms with Crippen LogP contribution in [0.15, 0.2) is 10.5 Å². The van der Waals surface area contributed by atoms with Crippen molar-refractivity contribution in [3.8, 4) is 17.2 Å². The SMILES string of the molecule is COc1cc(CC(C)O)c(OC)c(Br)c1OC. The van der Waals surface area contributed by atoms with Gasteiger partial charge in [-0.15, -0.1) is 0 Å². The molecule has 0 saturated carbocycles. The predicted molar refractivity (Wildman–Crippen MR) is 69.2 cm³/mol. The Morgan fingerprint density at radius 1 is 1.18 bits per heavy atom. The van der Waals surface area contributed by atoms with Gasteiger partial charge in [-0.05, 0) is 28.9 Å². The van der Waals surface area contributed by atoms with E-state index in [1.807, 2.05) is 6.07 Å². The van der Waals surface area contributed by atoms with Crippen LogP contribution in [0.1, 0.15) is 12.5 Å². The molecule has 1 aromatic rings. The summed E-state index contributed by atoms with van der Waals surface area (Å²) in [6, 6.07) is 1.81. The lowest BCUT2D eigenvalue weighted by molar-refractivity contribution is 0.194. The highest BCUT2D eigenvalue weighted by Gasteiger charge is 2.19. The zero-order valence-electron chi connectivity index (χ0n) is 10.4. The Morgan fingerprint density at radius 3 is 2.18 bits per heavy atom. The number of ether oxygens (including phenoxy) is 3. The smallest absolute Gasteiger partial charge is 0.178 e. The van der Waals surface area contributed by atoms with E-state index in [-0.39, 0.29) is 0 Å². The van der Waals surface area contributed by atoms with E-state index in [2.05, 4.69) is 15.9 Å². The standard InChI is InChI=1S/C12H17BrO4/c1-7(14)5-8-6-9(15-2)12(17-4)10(13)11(8)16-3/h6-7,14H,5H2,1-4H3. The zero-order valence-corrected chi connectivity index (χ0v) is 12.0. The van der Waals surface area contributed by atoms with Crippen LogP contribution in [0, 0.1) is 0 Å². The summed E-state index contributed by atoms with van der Waals surface area (Å²) in [5.41, 5.74) is 0.868. The molecule has 1 atom stereocenters. The molecule has 0 spiro atoms. The Labute approximate surface area is 110 Å². The fourth-order valence-electron chi connectivity index (χ4n) is 1.67. The first-order valence-electron chi connectivity index (χ1n) is 5.20. The number of benzene rings is 1. The van der Waals surface area contributed by atoms with E-state index in [9.17, 15) is 5.11 Å². The molecule has 5 heteroatoms. The highest BCUT2D eigenvalue weighted by atomic mass is 79.9. The molecule has 17 heavy (non-hydrogen) atoms. The van der Waals surface area contributed by atoms with Gasteiger partial charge >= 0.3 is 0 Å². The molecule has 0 aliphatic rings. The summed E-state index contributed by atoms with van der Waals surface area (Å²) in [6.45, 7) is 1.73. The number of halogens is 1. The minimum atomic E-state index is -0.450. The van der Waals surface area contributed by atoms with Gasteiger partial charge in [0.15, 0.2) is 11.5 Å². The summed E-state index contributed by atoms with van der Waals surface area (Å²) in [5.74, 6) is 1.85. The van der Waals surface area contributed by atoms with Crippen molar-refractivity contribution >= 4 is 15.9 Å². The van der Waals surface area contributed by atoms with Crippen molar-refractivity contribution in [2.75, 3.05) is 21.3 Å². The van der Waals surface area contributed by atoms with Gasteiger partial charge in [0, 0.05) is 12.0 Å². The Balaban J connectivity index is 3.34. The summed E-state index contributed by atoms with van der Waals surface area (Å²) >= 11 is 3.42. The second kappa shape index (κ2) is 6.12. The maximum Gasteiger partial charge on any atom is 0.178 e. The molecular weight excluding hydrogens is 288 g/mol. The van der Waals surface area contributed by atoms with E-state index in [4.69, 9.17) is 14.2 Å². The topological polar surface area (TPSA) is 47.9 Å². The first-order chi connectivity index (χ1) is 8.04. The molecule has 1 aromatic carbocycles. The second-order valence-electron chi connectivity index (χ2n) is 3.67. The molecule has 0 saturated heterocycles. The van der Waals surface area contributed by atoms with Crippen molar-refractivity contribution in [2.45, 2.75) is 19.4 Å². The average molecular weight is 305 g/mol. The molecule has 1 rings (SSSR count). The quantitative estimate of drug-likeness (QED) is 0.907. The molecule has 0 amide bonds. The fraction of sp³-hybridized carbons (Fsp3) is 0.500. The number of aliphatic hydroxyl groups excluding tert-OH is 1. The highest BCUT2D eigenvalue weighted by Crippen LogP contribution is 2.44. The Kier molecular flexibility index (Phi) is 5.08. The van der Waals surface area contributed by atoms with E-state index in [1.54, 1.807) is 28.3 Å². The van der Waals surface area contributed by atoms with Crippen LogP contribution in [0.5, 0.6) is 17.2 Å². The van der Waals surface area contributed by atoms with Crippen molar-refractivity contribution in [2.24, 2.45) is 0 Å². The number of hydrogen-bond acceptors (Lipinski definition) is 4. The lowest BCUT2D eigenvalue weighted by Crippen LogP contribution is -2.07. The highest BCUT2D eigenvalue weighted by molar-refractivity contribution is 9.10. The van der Waals surface area contributed by atoms with Gasteiger partial charge in [-0.1, -0.05) is 0 Å².